The summed E-state index contributed by atoms with van der Waals surface area (Å²) in [6, 6.07) is 15.5. The largest absolute Gasteiger partial charge is 0.496 e. The molecule has 0 heterocycles. The summed E-state index contributed by atoms with van der Waals surface area (Å²) in [5, 5.41) is 3.02. The molecule has 4 nitrogen and oxygen atoms in total. The number of carbonyl (C=O) groups excluding carboxylic acids is 1. The maximum absolute atomic E-state index is 12.1. The number of aryl methyl sites for hydroxylation is 1. The minimum Gasteiger partial charge on any atom is -0.496 e. The normalized spacial score (nSPS) is 11.6. The molecule has 2 rings (SSSR count). The number of para-hydroxylation sites is 1. The van der Waals surface area contributed by atoms with E-state index in [0.717, 1.165) is 22.6 Å². The molecule has 0 spiro atoms. The van der Waals surface area contributed by atoms with Crippen molar-refractivity contribution in [1.82, 2.24) is 5.32 Å². The Hall–Kier alpha value is -2.49. The van der Waals surface area contributed by atoms with Crippen molar-refractivity contribution in [2.24, 2.45) is 0 Å². The first-order chi connectivity index (χ1) is 11.6. The van der Waals surface area contributed by atoms with Gasteiger partial charge in [-0.2, -0.15) is 0 Å². The van der Waals surface area contributed by atoms with Gasteiger partial charge in [0.15, 0.2) is 0 Å². The van der Waals surface area contributed by atoms with E-state index in [1.807, 2.05) is 62.4 Å². The standard InChI is InChI=1S/C20H25NO3/c1-15-11-12-19(23-3)18(14-15)16(2)21-20(22)10-7-13-24-17-8-5-4-6-9-17/h4-6,8-9,11-12,14,16H,7,10,13H2,1-3H3,(H,21,22)/t16-/m1/s1. The third-order valence-electron chi connectivity index (χ3n) is 3.79. The highest BCUT2D eigenvalue weighted by atomic mass is 16.5. The predicted molar refractivity (Wildman–Crippen MR) is 95.5 cm³/mol. The number of carbonyl (C=O) groups is 1. The molecule has 0 unspecified atom stereocenters. The number of hydrogen-bond acceptors (Lipinski definition) is 3. The summed E-state index contributed by atoms with van der Waals surface area (Å²) in [6.45, 7) is 4.52. The van der Waals surface area contributed by atoms with Crippen molar-refractivity contribution in [3.63, 3.8) is 0 Å². The van der Waals surface area contributed by atoms with Gasteiger partial charge in [-0.25, -0.2) is 0 Å². The molecule has 4 heteroatoms. The molecule has 0 aliphatic heterocycles. The third-order valence-corrected chi connectivity index (χ3v) is 3.79. The molecular formula is C20H25NO3. The van der Waals surface area contributed by atoms with Crippen molar-refractivity contribution in [1.29, 1.82) is 0 Å². The average Bonchev–Trinajstić information content (AvgIpc) is 2.59. The van der Waals surface area contributed by atoms with Crippen molar-refractivity contribution >= 4 is 5.91 Å². The molecule has 0 aliphatic rings. The van der Waals surface area contributed by atoms with Crippen LogP contribution in [0.25, 0.3) is 0 Å². The van der Waals surface area contributed by atoms with Crippen molar-refractivity contribution in [2.75, 3.05) is 13.7 Å². The molecule has 24 heavy (non-hydrogen) atoms. The van der Waals surface area contributed by atoms with E-state index in [1.165, 1.54) is 0 Å². The average molecular weight is 327 g/mol. The lowest BCUT2D eigenvalue weighted by Crippen LogP contribution is -2.27. The summed E-state index contributed by atoms with van der Waals surface area (Å²) in [6.07, 6.45) is 1.11. The van der Waals surface area contributed by atoms with E-state index in [1.54, 1.807) is 7.11 Å². The second-order valence-electron chi connectivity index (χ2n) is 5.80. The Labute approximate surface area is 143 Å². The topological polar surface area (TPSA) is 47.6 Å². The third kappa shape index (κ3) is 5.30. The van der Waals surface area contributed by atoms with Gasteiger partial charge in [-0.15, -0.1) is 0 Å². The molecule has 2 aromatic carbocycles. The molecule has 2 aromatic rings. The lowest BCUT2D eigenvalue weighted by Gasteiger charge is -2.18. The monoisotopic (exact) mass is 327 g/mol. The van der Waals surface area contributed by atoms with E-state index in [0.29, 0.717) is 19.4 Å². The predicted octanol–water partition coefficient (Wildman–Crippen LogP) is 4.04. The minimum atomic E-state index is -0.0950. The first-order valence-corrected chi connectivity index (χ1v) is 8.22. The van der Waals surface area contributed by atoms with Gasteiger partial charge in [0, 0.05) is 12.0 Å². The van der Waals surface area contributed by atoms with Gasteiger partial charge in [0.2, 0.25) is 5.91 Å². The maximum atomic E-state index is 12.1. The zero-order valence-corrected chi connectivity index (χ0v) is 14.5. The van der Waals surface area contributed by atoms with Gasteiger partial charge < -0.3 is 14.8 Å². The number of ether oxygens (including phenoxy) is 2. The Morgan fingerprint density at radius 3 is 2.62 bits per heavy atom. The fraction of sp³-hybridized carbons (Fsp3) is 0.350. The second kappa shape index (κ2) is 8.96. The van der Waals surface area contributed by atoms with Crippen LogP contribution in [0.1, 0.15) is 36.9 Å². The number of nitrogens with one attached hydrogen (secondary N) is 1. The highest BCUT2D eigenvalue weighted by Crippen LogP contribution is 2.26. The Morgan fingerprint density at radius 1 is 1.17 bits per heavy atom. The molecule has 0 aromatic heterocycles. The number of methoxy groups -OCH3 is 1. The van der Waals surface area contributed by atoms with Gasteiger partial charge in [-0.05, 0) is 38.5 Å². The summed E-state index contributed by atoms with van der Waals surface area (Å²) < 4.78 is 11.0. The minimum absolute atomic E-state index is 0.0164. The summed E-state index contributed by atoms with van der Waals surface area (Å²) in [5.74, 6) is 1.64. The van der Waals surface area contributed by atoms with Crippen LogP contribution in [0.2, 0.25) is 0 Å². The van der Waals surface area contributed by atoms with E-state index < -0.39 is 0 Å². The zero-order valence-electron chi connectivity index (χ0n) is 14.5. The fourth-order valence-electron chi connectivity index (χ4n) is 2.52. The van der Waals surface area contributed by atoms with Gasteiger partial charge in [-0.1, -0.05) is 35.9 Å². The summed E-state index contributed by atoms with van der Waals surface area (Å²) >= 11 is 0. The molecule has 0 bridgehead atoms. The van der Waals surface area contributed by atoms with Gasteiger partial charge in [-0.3, -0.25) is 4.79 Å². The maximum Gasteiger partial charge on any atom is 0.220 e. The van der Waals surface area contributed by atoms with Crippen molar-refractivity contribution in [2.45, 2.75) is 32.7 Å². The Balaban J connectivity index is 1.78. The highest BCUT2D eigenvalue weighted by Gasteiger charge is 2.14. The lowest BCUT2D eigenvalue weighted by atomic mass is 10.0. The molecular weight excluding hydrogens is 302 g/mol. The van der Waals surface area contributed by atoms with Crippen molar-refractivity contribution < 1.29 is 14.3 Å². The van der Waals surface area contributed by atoms with Crippen LogP contribution >= 0.6 is 0 Å². The van der Waals surface area contributed by atoms with E-state index in [-0.39, 0.29) is 11.9 Å². The Kier molecular flexibility index (Phi) is 6.67. The molecule has 1 amide bonds. The van der Waals surface area contributed by atoms with Crippen LogP contribution in [0.15, 0.2) is 48.5 Å². The van der Waals surface area contributed by atoms with Gasteiger partial charge in [0.05, 0.1) is 19.8 Å². The molecule has 1 atom stereocenters. The van der Waals surface area contributed by atoms with Crippen LogP contribution in [-0.4, -0.2) is 19.6 Å². The zero-order chi connectivity index (χ0) is 17.4. The molecule has 0 radical (unpaired) electrons. The molecule has 0 aliphatic carbocycles. The number of amides is 1. The molecule has 128 valence electrons. The van der Waals surface area contributed by atoms with E-state index in [2.05, 4.69) is 5.32 Å². The van der Waals surface area contributed by atoms with Crippen LogP contribution in [0.3, 0.4) is 0 Å². The highest BCUT2D eigenvalue weighted by molar-refractivity contribution is 5.76. The smallest absolute Gasteiger partial charge is 0.220 e. The Bertz CT molecular complexity index is 655. The van der Waals surface area contributed by atoms with E-state index in [4.69, 9.17) is 9.47 Å². The van der Waals surface area contributed by atoms with Gasteiger partial charge >= 0.3 is 0 Å². The molecule has 0 fully saturated rings. The molecule has 1 N–H and O–H groups in total. The summed E-state index contributed by atoms with van der Waals surface area (Å²) in [5.41, 5.74) is 2.13. The van der Waals surface area contributed by atoms with E-state index in [9.17, 15) is 4.79 Å². The molecule has 0 saturated heterocycles. The number of rotatable bonds is 8. The fourth-order valence-corrected chi connectivity index (χ4v) is 2.52. The first-order valence-electron chi connectivity index (χ1n) is 8.22. The first kappa shape index (κ1) is 17.9. The molecule has 0 saturated carbocycles. The van der Waals surface area contributed by atoms with Crippen LogP contribution in [0.4, 0.5) is 0 Å². The summed E-state index contributed by atoms with van der Waals surface area (Å²) in [7, 11) is 1.64. The SMILES string of the molecule is COc1ccc(C)cc1[C@@H](C)NC(=O)CCCOc1ccccc1. The van der Waals surface area contributed by atoms with Crippen LogP contribution in [0, 0.1) is 6.92 Å². The lowest BCUT2D eigenvalue weighted by molar-refractivity contribution is -0.121. The van der Waals surface area contributed by atoms with Crippen molar-refractivity contribution in [3.8, 4) is 11.5 Å². The van der Waals surface area contributed by atoms with Gasteiger partial charge in [0.1, 0.15) is 11.5 Å². The van der Waals surface area contributed by atoms with Gasteiger partial charge in [0.25, 0.3) is 0 Å². The second-order valence-corrected chi connectivity index (χ2v) is 5.80. The summed E-state index contributed by atoms with van der Waals surface area (Å²) in [4.78, 5) is 12.1. The van der Waals surface area contributed by atoms with Crippen LogP contribution in [-0.2, 0) is 4.79 Å². The van der Waals surface area contributed by atoms with Crippen molar-refractivity contribution in [3.05, 3.63) is 59.7 Å². The van der Waals surface area contributed by atoms with E-state index >= 15 is 0 Å². The van der Waals surface area contributed by atoms with Crippen LogP contribution < -0.4 is 14.8 Å². The number of benzene rings is 2. The Morgan fingerprint density at radius 2 is 1.92 bits per heavy atom. The number of hydrogen-bond donors (Lipinski definition) is 1. The van der Waals surface area contributed by atoms with Crippen LogP contribution in [0.5, 0.6) is 11.5 Å². The quantitative estimate of drug-likeness (QED) is 0.744.